The Morgan fingerprint density at radius 2 is 0.908 bits per heavy atom. The number of anilines is 3. The standard InChI is InChI=1S/C58H57NO6/c1-6-11-35-58(36-12-7-2)53-39-49(29-31-51(53)52-32-30-50(40-54(52)58)65-57(62)10-5)59(47-25-21-45(22-26-47)43-17-13-41(14-18-43)33-37-63-55(60)8-3)48-27-23-46(24-28-48)44-19-15-42(16-20-44)34-38-64-56(61)9-4/h8-10,13-32,39-40H,3-7,11-12,33-38H2,1-2H3. The molecule has 0 radical (unpaired) electrons. The number of rotatable bonds is 21. The van der Waals surface area contributed by atoms with Gasteiger partial charge in [0.1, 0.15) is 5.75 Å². The van der Waals surface area contributed by atoms with Gasteiger partial charge in [-0.05, 0) is 117 Å². The van der Waals surface area contributed by atoms with Crippen LogP contribution in [0, 0.1) is 0 Å². The number of unbranched alkanes of at least 4 members (excludes halogenated alkanes) is 2. The van der Waals surface area contributed by atoms with Crippen molar-refractivity contribution in [1.29, 1.82) is 0 Å². The van der Waals surface area contributed by atoms with Crippen LogP contribution in [0.25, 0.3) is 33.4 Å². The van der Waals surface area contributed by atoms with Gasteiger partial charge in [0, 0.05) is 53.5 Å². The van der Waals surface area contributed by atoms with E-state index in [0.29, 0.717) is 31.8 Å². The summed E-state index contributed by atoms with van der Waals surface area (Å²) in [6.45, 7) is 15.6. The van der Waals surface area contributed by atoms with E-state index in [1.54, 1.807) is 0 Å². The molecular weight excluding hydrogens is 807 g/mol. The largest absolute Gasteiger partial charge is 0.462 e. The molecule has 0 heterocycles. The maximum Gasteiger partial charge on any atom is 0.335 e. The fourth-order valence-electron chi connectivity index (χ4n) is 8.88. The number of ether oxygens (including phenoxy) is 3. The van der Waals surface area contributed by atoms with Crippen LogP contribution in [-0.4, -0.2) is 31.1 Å². The van der Waals surface area contributed by atoms with Crippen LogP contribution in [0.5, 0.6) is 5.75 Å². The van der Waals surface area contributed by atoms with Crippen molar-refractivity contribution >= 4 is 35.0 Å². The summed E-state index contributed by atoms with van der Waals surface area (Å²) in [4.78, 5) is 37.7. The summed E-state index contributed by atoms with van der Waals surface area (Å²) in [7, 11) is 0. The fourth-order valence-corrected chi connectivity index (χ4v) is 8.88. The molecular formula is C58H57NO6. The molecule has 0 amide bonds. The highest BCUT2D eigenvalue weighted by Crippen LogP contribution is 2.56. The van der Waals surface area contributed by atoms with E-state index in [1.807, 2.05) is 6.07 Å². The molecule has 6 aromatic rings. The maximum absolute atomic E-state index is 12.4. The van der Waals surface area contributed by atoms with E-state index in [9.17, 15) is 14.4 Å². The molecule has 1 aliphatic rings. The number of hydrogen-bond acceptors (Lipinski definition) is 7. The molecule has 65 heavy (non-hydrogen) atoms. The van der Waals surface area contributed by atoms with Gasteiger partial charge in [-0.15, -0.1) is 0 Å². The summed E-state index contributed by atoms with van der Waals surface area (Å²) in [5.74, 6) is -0.767. The molecule has 7 rings (SSSR count). The number of esters is 3. The Kier molecular flexibility index (Phi) is 15.1. The normalized spacial score (nSPS) is 12.0. The fraction of sp³-hybridized carbons (Fsp3) is 0.224. The second-order valence-corrected chi connectivity index (χ2v) is 16.4. The lowest BCUT2D eigenvalue weighted by Crippen LogP contribution is -2.26. The van der Waals surface area contributed by atoms with Gasteiger partial charge in [0.25, 0.3) is 0 Å². The van der Waals surface area contributed by atoms with E-state index in [4.69, 9.17) is 14.2 Å². The molecule has 1 aliphatic carbocycles. The third-order valence-corrected chi connectivity index (χ3v) is 12.3. The van der Waals surface area contributed by atoms with Gasteiger partial charge in [0.15, 0.2) is 0 Å². The highest BCUT2D eigenvalue weighted by Gasteiger charge is 2.43. The van der Waals surface area contributed by atoms with Crippen molar-refractivity contribution in [2.75, 3.05) is 18.1 Å². The van der Waals surface area contributed by atoms with Gasteiger partial charge in [0.2, 0.25) is 0 Å². The first-order valence-electron chi connectivity index (χ1n) is 22.6. The molecule has 0 saturated heterocycles. The second kappa shape index (κ2) is 21.4. The summed E-state index contributed by atoms with van der Waals surface area (Å²) in [5, 5.41) is 0. The first-order valence-corrected chi connectivity index (χ1v) is 22.6. The third-order valence-electron chi connectivity index (χ3n) is 12.3. The average molecular weight is 864 g/mol. The molecule has 330 valence electrons. The Balaban J connectivity index is 1.26. The molecule has 0 saturated carbocycles. The van der Waals surface area contributed by atoms with Crippen LogP contribution in [0.15, 0.2) is 171 Å². The third kappa shape index (κ3) is 10.6. The van der Waals surface area contributed by atoms with Crippen molar-refractivity contribution in [3.05, 3.63) is 194 Å². The quantitative estimate of drug-likeness (QED) is 0.0405. The number of nitrogens with zero attached hydrogens (tertiary/aromatic N) is 1. The Morgan fingerprint density at radius 1 is 0.508 bits per heavy atom. The molecule has 0 aromatic heterocycles. The van der Waals surface area contributed by atoms with E-state index < -0.39 is 17.9 Å². The minimum absolute atomic E-state index is 0.262. The number of hydrogen-bond donors (Lipinski definition) is 0. The van der Waals surface area contributed by atoms with E-state index >= 15 is 0 Å². The van der Waals surface area contributed by atoms with Gasteiger partial charge >= 0.3 is 17.9 Å². The van der Waals surface area contributed by atoms with Crippen LogP contribution >= 0.6 is 0 Å². The zero-order valence-corrected chi connectivity index (χ0v) is 37.5. The number of carbonyl (C=O) groups excluding carboxylic acids is 3. The van der Waals surface area contributed by atoms with Crippen LogP contribution in [0.3, 0.4) is 0 Å². The van der Waals surface area contributed by atoms with Gasteiger partial charge in [-0.2, -0.15) is 0 Å². The predicted octanol–water partition coefficient (Wildman–Crippen LogP) is 13.8. The summed E-state index contributed by atoms with van der Waals surface area (Å²) in [6, 6.07) is 47.1. The zero-order chi connectivity index (χ0) is 45.8. The molecule has 7 nitrogen and oxygen atoms in total. The topological polar surface area (TPSA) is 82.1 Å². The molecule has 0 N–H and O–H groups in total. The monoisotopic (exact) mass is 863 g/mol. The van der Waals surface area contributed by atoms with E-state index in [0.717, 1.165) is 89.0 Å². The van der Waals surface area contributed by atoms with Crippen molar-refractivity contribution < 1.29 is 28.6 Å². The Hall–Kier alpha value is -7.25. The molecule has 0 aliphatic heterocycles. The summed E-state index contributed by atoms with van der Waals surface area (Å²) in [6.07, 6.45) is 11.0. The van der Waals surface area contributed by atoms with Crippen molar-refractivity contribution in [3.8, 4) is 39.1 Å². The van der Waals surface area contributed by atoms with Crippen molar-refractivity contribution in [2.45, 2.75) is 70.6 Å². The Labute approximate surface area is 383 Å². The maximum atomic E-state index is 12.4. The lowest BCUT2D eigenvalue weighted by atomic mass is 9.70. The van der Waals surface area contributed by atoms with Gasteiger partial charge in [-0.1, -0.05) is 144 Å². The van der Waals surface area contributed by atoms with Crippen molar-refractivity contribution in [2.24, 2.45) is 0 Å². The average Bonchev–Trinajstić information content (AvgIpc) is 3.61. The lowest BCUT2D eigenvalue weighted by molar-refractivity contribution is -0.138. The van der Waals surface area contributed by atoms with Crippen LogP contribution in [-0.2, 0) is 42.1 Å². The minimum atomic E-state index is -0.468. The van der Waals surface area contributed by atoms with Gasteiger partial charge in [0.05, 0.1) is 13.2 Å². The van der Waals surface area contributed by atoms with Crippen LogP contribution < -0.4 is 9.64 Å². The Bertz CT molecular complexity index is 2520. The van der Waals surface area contributed by atoms with E-state index in [2.05, 4.69) is 166 Å². The predicted molar refractivity (Wildman–Crippen MR) is 263 cm³/mol. The van der Waals surface area contributed by atoms with E-state index in [-0.39, 0.29) is 5.41 Å². The first kappa shape index (κ1) is 45.8. The van der Waals surface area contributed by atoms with Gasteiger partial charge < -0.3 is 19.1 Å². The van der Waals surface area contributed by atoms with Crippen molar-refractivity contribution in [3.63, 3.8) is 0 Å². The molecule has 0 spiro atoms. The zero-order valence-electron chi connectivity index (χ0n) is 37.5. The number of carbonyl (C=O) groups is 3. The van der Waals surface area contributed by atoms with Gasteiger partial charge in [-0.3, -0.25) is 0 Å². The second-order valence-electron chi connectivity index (χ2n) is 16.4. The highest BCUT2D eigenvalue weighted by molar-refractivity contribution is 5.88. The van der Waals surface area contributed by atoms with E-state index in [1.165, 1.54) is 40.5 Å². The lowest BCUT2D eigenvalue weighted by Gasteiger charge is -2.34. The molecule has 6 aromatic carbocycles. The Morgan fingerprint density at radius 3 is 1.34 bits per heavy atom. The summed E-state index contributed by atoms with van der Waals surface area (Å²) in [5.41, 5.74) is 14.3. The highest BCUT2D eigenvalue weighted by atomic mass is 16.5. The molecule has 0 fully saturated rings. The molecule has 0 atom stereocenters. The van der Waals surface area contributed by atoms with Crippen LogP contribution in [0.1, 0.15) is 74.6 Å². The first-order chi connectivity index (χ1) is 31.7. The summed E-state index contributed by atoms with van der Waals surface area (Å²) >= 11 is 0. The molecule has 0 unspecified atom stereocenters. The van der Waals surface area contributed by atoms with Crippen LogP contribution in [0.2, 0.25) is 0 Å². The SMILES string of the molecule is C=CC(=O)OCCc1ccc(-c2ccc(N(c3ccc(-c4ccc(CCOC(=O)C=C)cc4)cc3)c3ccc4c(c3)C(CCCC)(CCCC)c3cc(OC(=O)C=C)ccc3-4)cc2)cc1. The van der Waals surface area contributed by atoms with Gasteiger partial charge in [-0.25, -0.2) is 14.4 Å². The number of fused-ring (bicyclic) bond motifs is 3. The minimum Gasteiger partial charge on any atom is -0.462 e. The summed E-state index contributed by atoms with van der Waals surface area (Å²) < 4.78 is 16.1. The smallest absolute Gasteiger partial charge is 0.335 e. The molecule has 0 bridgehead atoms. The molecule has 7 heteroatoms. The van der Waals surface area contributed by atoms with Crippen LogP contribution in [0.4, 0.5) is 17.1 Å². The van der Waals surface area contributed by atoms with Crippen molar-refractivity contribution in [1.82, 2.24) is 0 Å². The number of benzene rings is 6.